The summed E-state index contributed by atoms with van der Waals surface area (Å²) < 4.78 is 4.97. The van der Waals surface area contributed by atoms with E-state index in [0.717, 1.165) is 6.29 Å². The zero-order valence-corrected chi connectivity index (χ0v) is 7.45. The van der Waals surface area contributed by atoms with Crippen molar-refractivity contribution in [3.8, 4) is 5.75 Å². The van der Waals surface area contributed by atoms with Crippen molar-refractivity contribution in [3.63, 3.8) is 0 Å². The molecule has 0 N–H and O–H groups in total. The minimum absolute atomic E-state index is 0.165. The molecule has 0 spiro atoms. The Hall–Kier alpha value is -1.35. The summed E-state index contributed by atoms with van der Waals surface area (Å²) >= 11 is 5.07. The number of aldehydes is 1. The smallest absolute Gasteiger partial charge is 0.259 e. The Labute approximate surface area is 80.3 Å². The van der Waals surface area contributed by atoms with Gasteiger partial charge in [0.25, 0.3) is 5.24 Å². The molecule has 4 heteroatoms. The van der Waals surface area contributed by atoms with Gasteiger partial charge in [0.2, 0.25) is 0 Å². The number of rotatable bonds is 4. The predicted octanol–water partition coefficient (Wildman–Crippen LogP) is 1.64. The molecule has 0 atom stereocenters. The highest BCUT2D eigenvalue weighted by Crippen LogP contribution is 2.10. The molecule has 0 bridgehead atoms. The normalized spacial score (nSPS) is 9.31. The lowest BCUT2D eigenvalue weighted by Crippen LogP contribution is -2.04. The maximum atomic E-state index is 10.3. The molecule has 1 aromatic rings. The van der Waals surface area contributed by atoms with E-state index in [1.165, 1.54) is 0 Å². The van der Waals surface area contributed by atoms with Crippen LogP contribution in [0.25, 0.3) is 0 Å². The van der Waals surface area contributed by atoms with Gasteiger partial charge in [0.1, 0.15) is 12.0 Å². The first kappa shape index (κ1) is 9.74. The Bertz CT molecular complexity index is 305. The second kappa shape index (κ2) is 4.62. The Morgan fingerprint density at radius 1 is 1.38 bits per heavy atom. The molecule has 0 heterocycles. The first-order valence-electron chi connectivity index (χ1n) is 3.59. The fourth-order valence-corrected chi connectivity index (χ4v) is 0.837. The zero-order chi connectivity index (χ0) is 9.68. The fourth-order valence-electron chi connectivity index (χ4n) is 0.783. The van der Waals surface area contributed by atoms with Crippen LogP contribution in [0.1, 0.15) is 10.4 Å². The van der Waals surface area contributed by atoms with Crippen LogP contribution in [0.2, 0.25) is 0 Å². The van der Waals surface area contributed by atoms with Crippen molar-refractivity contribution in [1.82, 2.24) is 0 Å². The molecule has 3 nitrogen and oxygen atoms in total. The summed E-state index contributed by atoms with van der Waals surface area (Å²) in [6.07, 6.45) is 0.733. The largest absolute Gasteiger partial charge is 0.484 e. The highest BCUT2D eigenvalue weighted by Gasteiger charge is 1.97. The first-order chi connectivity index (χ1) is 6.22. The number of benzene rings is 1. The maximum absolute atomic E-state index is 10.3. The average molecular weight is 199 g/mol. The molecular formula is C9H7ClO3. The Morgan fingerprint density at radius 2 is 2.00 bits per heavy atom. The molecule has 0 amide bonds. The Balaban J connectivity index is 2.59. The van der Waals surface area contributed by atoms with E-state index in [1.54, 1.807) is 24.3 Å². The molecule has 0 aliphatic rings. The van der Waals surface area contributed by atoms with Crippen LogP contribution in [0.3, 0.4) is 0 Å². The van der Waals surface area contributed by atoms with E-state index in [1.807, 2.05) is 0 Å². The Kier molecular flexibility index (Phi) is 3.46. The fraction of sp³-hybridized carbons (Fsp3) is 0.111. The summed E-state index contributed by atoms with van der Waals surface area (Å²) in [4.78, 5) is 20.6. The Morgan fingerprint density at radius 3 is 2.46 bits per heavy atom. The van der Waals surface area contributed by atoms with Gasteiger partial charge in [-0.3, -0.25) is 9.59 Å². The van der Waals surface area contributed by atoms with Gasteiger partial charge >= 0.3 is 0 Å². The molecule has 0 unspecified atom stereocenters. The monoisotopic (exact) mass is 198 g/mol. The van der Waals surface area contributed by atoms with E-state index < -0.39 is 5.24 Å². The van der Waals surface area contributed by atoms with Crippen molar-refractivity contribution >= 4 is 23.1 Å². The molecule has 1 aromatic carbocycles. The van der Waals surface area contributed by atoms with E-state index in [9.17, 15) is 9.59 Å². The molecule has 0 aromatic heterocycles. The summed E-state index contributed by atoms with van der Waals surface area (Å²) in [5, 5.41) is -0.556. The zero-order valence-electron chi connectivity index (χ0n) is 6.70. The number of hydrogen-bond acceptors (Lipinski definition) is 3. The van der Waals surface area contributed by atoms with E-state index in [0.29, 0.717) is 11.3 Å². The minimum atomic E-state index is -0.556. The molecule has 0 saturated carbocycles. The van der Waals surface area contributed by atoms with Crippen LogP contribution in [0.4, 0.5) is 0 Å². The third kappa shape index (κ3) is 3.25. The lowest BCUT2D eigenvalue weighted by molar-refractivity contribution is -0.113. The van der Waals surface area contributed by atoms with Crippen molar-refractivity contribution in [2.24, 2.45) is 0 Å². The van der Waals surface area contributed by atoms with Crippen LogP contribution in [-0.2, 0) is 4.79 Å². The topological polar surface area (TPSA) is 43.4 Å². The van der Waals surface area contributed by atoms with Crippen LogP contribution in [-0.4, -0.2) is 18.1 Å². The lowest BCUT2D eigenvalue weighted by atomic mass is 10.2. The average Bonchev–Trinajstić information content (AvgIpc) is 2.15. The third-order valence-electron chi connectivity index (χ3n) is 1.37. The highest BCUT2D eigenvalue weighted by atomic mass is 35.5. The molecule has 0 aliphatic carbocycles. The molecule has 0 radical (unpaired) electrons. The van der Waals surface area contributed by atoms with Gasteiger partial charge in [-0.05, 0) is 35.9 Å². The lowest BCUT2D eigenvalue weighted by Gasteiger charge is -2.01. The van der Waals surface area contributed by atoms with Crippen LogP contribution in [0, 0.1) is 0 Å². The van der Waals surface area contributed by atoms with E-state index in [-0.39, 0.29) is 6.61 Å². The quantitative estimate of drug-likeness (QED) is 0.546. The van der Waals surface area contributed by atoms with Gasteiger partial charge in [0.15, 0.2) is 6.61 Å². The van der Waals surface area contributed by atoms with E-state index in [4.69, 9.17) is 16.3 Å². The number of carbonyl (C=O) groups is 2. The highest BCUT2D eigenvalue weighted by molar-refractivity contribution is 6.63. The predicted molar refractivity (Wildman–Crippen MR) is 48.2 cm³/mol. The number of carbonyl (C=O) groups excluding carboxylic acids is 2. The molecule has 1 rings (SSSR count). The molecule has 0 fully saturated rings. The third-order valence-corrected chi connectivity index (χ3v) is 1.48. The second-order valence-corrected chi connectivity index (χ2v) is 2.75. The summed E-state index contributed by atoms with van der Waals surface area (Å²) in [6.45, 7) is -0.165. The van der Waals surface area contributed by atoms with Crippen molar-refractivity contribution in [1.29, 1.82) is 0 Å². The number of ether oxygens (including phenoxy) is 1. The van der Waals surface area contributed by atoms with E-state index in [2.05, 4.69) is 0 Å². The summed E-state index contributed by atoms with van der Waals surface area (Å²) in [6, 6.07) is 6.40. The second-order valence-electron chi connectivity index (χ2n) is 2.33. The van der Waals surface area contributed by atoms with Gasteiger partial charge in [0.05, 0.1) is 0 Å². The van der Waals surface area contributed by atoms with Crippen molar-refractivity contribution in [3.05, 3.63) is 29.8 Å². The van der Waals surface area contributed by atoms with Gasteiger partial charge in [-0.2, -0.15) is 0 Å². The van der Waals surface area contributed by atoms with Gasteiger partial charge in [0, 0.05) is 5.56 Å². The van der Waals surface area contributed by atoms with Crippen LogP contribution in [0.15, 0.2) is 24.3 Å². The maximum Gasteiger partial charge on any atom is 0.259 e. The van der Waals surface area contributed by atoms with Gasteiger partial charge in [-0.15, -0.1) is 0 Å². The van der Waals surface area contributed by atoms with Gasteiger partial charge in [-0.1, -0.05) is 0 Å². The molecule has 0 saturated heterocycles. The van der Waals surface area contributed by atoms with Crippen molar-refractivity contribution < 1.29 is 14.3 Å². The standard InChI is InChI=1S/C9H7ClO3/c10-9(12)6-13-8-3-1-7(5-11)2-4-8/h1-5H,6H2. The van der Waals surface area contributed by atoms with Gasteiger partial charge < -0.3 is 4.74 Å². The minimum Gasteiger partial charge on any atom is -0.484 e. The first-order valence-corrected chi connectivity index (χ1v) is 3.96. The van der Waals surface area contributed by atoms with Crippen molar-refractivity contribution in [2.75, 3.05) is 6.61 Å². The molecule has 0 aliphatic heterocycles. The van der Waals surface area contributed by atoms with Crippen LogP contribution < -0.4 is 4.74 Å². The molecular weight excluding hydrogens is 192 g/mol. The molecule has 68 valence electrons. The van der Waals surface area contributed by atoms with Gasteiger partial charge in [-0.25, -0.2) is 0 Å². The summed E-state index contributed by atoms with van der Waals surface area (Å²) in [7, 11) is 0. The SMILES string of the molecule is O=Cc1ccc(OCC(=O)Cl)cc1. The molecule has 13 heavy (non-hydrogen) atoms. The summed E-state index contributed by atoms with van der Waals surface area (Å²) in [5.41, 5.74) is 0.560. The summed E-state index contributed by atoms with van der Waals surface area (Å²) in [5.74, 6) is 0.514. The number of halogens is 1. The van der Waals surface area contributed by atoms with E-state index >= 15 is 0 Å². The van der Waals surface area contributed by atoms with Crippen LogP contribution in [0.5, 0.6) is 5.75 Å². The van der Waals surface area contributed by atoms with Crippen molar-refractivity contribution in [2.45, 2.75) is 0 Å². The van der Waals surface area contributed by atoms with Crippen LogP contribution >= 0.6 is 11.6 Å². The number of hydrogen-bond donors (Lipinski definition) is 0.